The van der Waals surface area contributed by atoms with Gasteiger partial charge in [-0.2, -0.15) is 0 Å². The van der Waals surface area contributed by atoms with Gasteiger partial charge in [-0.05, 0) is 25.1 Å². The molecule has 1 fully saturated rings. The van der Waals surface area contributed by atoms with E-state index >= 15 is 0 Å². The summed E-state index contributed by atoms with van der Waals surface area (Å²) in [4.78, 5) is 21.4. The molecule has 3 N–H and O–H groups in total. The summed E-state index contributed by atoms with van der Waals surface area (Å²) in [5.74, 6) is -1.49. The molecule has 2 aliphatic rings. The van der Waals surface area contributed by atoms with Crippen molar-refractivity contribution >= 4 is 17.6 Å². The van der Waals surface area contributed by atoms with Crippen molar-refractivity contribution in [3.05, 3.63) is 35.9 Å². The maximum absolute atomic E-state index is 9.55. The molecular weight excluding hydrogens is 312 g/mol. The van der Waals surface area contributed by atoms with Crippen molar-refractivity contribution in [2.45, 2.75) is 24.9 Å². The van der Waals surface area contributed by atoms with Gasteiger partial charge in [0.1, 0.15) is 5.75 Å². The summed E-state index contributed by atoms with van der Waals surface area (Å²) in [6, 6.07) is 6.32. The third kappa shape index (κ3) is 3.21. The van der Waals surface area contributed by atoms with Crippen LogP contribution in [0.3, 0.4) is 0 Å². The Kier molecular flexibility index (Phi) is 5.14. The molecule has 1 aromatic carbocycles. The van der Waals surface area contributed by atoms with Gasteiger partial charge >= 0.3 is 11.9 Å². The smallest absolute Gasteiger partial charge is 0.328 e. The Morgan fingerprint density at radius 1 is 1.33 bits per heavy atom. The molecule has 2 aliphatic heterocycles. The van der Waals surface area contributed by atoms with Crippen LogP contribution in [0.5, 0.6) is 5.75 Å². The minimum Gasteiger partial charge on any atom is -0.496 e. The Bertz CT molecular complexity index is 657. The van der Waals surface area contributed by atoms with E-state index in [2.05, 4.69) is 42.4 Å². The number of likely N-dealkylation sites (N-methyl/N-ethyl adjacent to an activating group) is 1. The maximum atomic E-state index is 9.55. The van der Waals surface area contributed by atoms with E-state index in [1.807, 2.05) is 0 Å². The van der Waals surface area contributed by atoms with Crippen molar-refractivity contribution in [1.29, 1.82) is 0 Å². The van der Waals surface area contributed by atoms with Crippen molar-refractivity contribution in [3.63, 3.8) is 0 Å². The highest BCUT2D eigenvalue weighted by molar-refractivity contribution is 5.89. The van der Waals surface area contributed by atoms with Crippen molar-refractivity contribution in [2.24, 2.45) is 0 Å². The molecule has 3 rings (SSSR count). The first-order chi connectivity index (χ1) is 11.3. The summed E-state index contributed by atoms with van der Waals surface area (Å²) < 4.78 is 5.52. The van der Waals surface area contributed by atoms with Crippen LogP contribution in [0, 0.1) is 0 Å². The third-order valence-corrected chi connectivity index (χ3v) is 4.52. The van der Waals surface area contributed by atoms with Crippen molar-refractivity contribution < 1.29 is 24.5 Å². The van der Waals surface area contributed by atoms with Crippen molar-refractivity contribution in [2.75, 3.05) is 25.6 Å². The van der Waals surface area contributed by atoms with Crippen LogP contribution in [0.25, 0.3) is 0 Å². The highest BCUT2D eigenvalue weighted by Crippen LogP contribution is 2.51. The quantitative estimate of drug-likeness (QED) is 0.719. The lowest BCUT2D eigenvalue weighted by molar-refractivity contribution is -0.134. The second kappa shape index (κ2) is 6.92. The molecule has 0 amide bonds. The number of nitrogens with one attached hydrogen (secondary N) is 1. The highest BCUT2D eigenvalue weighted by Gasteiger charge is 2.50. The molecule has 0 unspecified atom stereocenters. The van der Waals surface area contributed by atoms with Gasteiger partial charge in [-0.1, -0.05) is 13.0 Å². The highest BCUT2D eigenvalue weighted by atomic mass is 16.5. The van der Waals surface area contributed by atoms with E-state index in [1.54, 1.807) is 7.11 Å². The molecular formula is C17H22N2O5. The minimum atomic E-state index is -1.26. The van der Waals surface area contributed by atoms with Gasteiger partial charge in [0.2, 0.25) is 0 Å². The number of carboxylic acids is 2. The van der Waals surface area contributed by atoms with Gasteiger partial charge in [-0.15, -0.1) is 0 Å². The summed E-state index contributed by atoms with van der Waals surface area (Å²) >= 11 is 0. The van der Waals surface area contributed by atoms with Crippen LogP contribution < -0.4 is 15.0 Å². The Morgan fingerprint density at radius 3 is 2.50 bits per heavy atom. The topological polar surface area (TPSA) is 99.1 Å². The van der Waals surface area contributed by atoms with Crippen LogP contribution >= 0.6 is 0 Å². The number of methoxy groups -OCH3 is 1. The number of hydrogen-bond donors (Lipinski definition) is 3. The van der Waals surface area contributed by atoms with Crippen LogP contribution in [0.4, 0.5) is 5.69 Å². The zero-order valence-electron chi connectivity index (χ0n) is 13.9. The Balaban J connectivity index is 0.000000224. The van der Waals surface area contributed by atoms with E-state index in [9.17, 15) is 9.59 Å². The van der Waals surface area contributed by atoms with Crippen molar-refractivity contribution in [3.8, 4) is 5.75 Å². The first-order valence-corrected chi connectivity index (χ1v) is 7.59. The van der Waals surface area contributed by atoms with Gasteiger partial charge in [-0.25, -0.2) is 9.59 Å². The molecule has 0 bridgehead atoms. The van der Waals surface area contributed by atoms with Gasteiger partial charge < -0.3 is 19.8 Å². The fourth-order valence-corrected chi connectivity index (χ4v) is 3.50. The van der Waals surface area contributed by atoms with E-state index in [-0.39, 0.29) is 5.41 Å². The molecule has 7 nitrogen and oxygen atoms in total. The van der Waals surface area contributed by atoms with E-state index < -0.39 is 11.9 Å². The number of anilines is 1. The molecule has 1 aromatic rings. The van der Waals surface area contributed by atoms with Gasteiger partial charge in [-0.3, -0.25) is 5.32 Å². The lowest BCUT2D eigenvalue weighted by Gasteiger charge is -2.28. The second-order valence-electron chi connectivity index (χ2n) is 6.00. The zero-order chi connectivity index (χ0) is 17.9. The Hall–Kier alpha value is -2.54. The normalized spacial score (nSPS) is 24.1. The number of carbonyl (C=O) groups is 2. The number of nitrogens with zero attached hydrogens (tertiary/aromatic N) is 1. The monoisotopic (exact) mass is 334 g/mol. The number of benzene rings is 1. The third-order valence-electron chi connectivity index (χ3n) is 4.52. The molecule has 0 aromatic heterocycles. The van der Waals surface area contributed by atoms with Crippen LogP contribution in [0.1, 0.15) is 18.9 Å². The number of hydrogen-bond acceptors (Lipinski definition) is 5. The average molecular weight is 334 g/mol. The first kappa shape index (κ1) is 17.8. The SMILES string of the molecule is COc1cccc2c1[C@@]1(C)CCN[C@H]1N2C.O=C(O)/C=C/C(=O)O. The van der Waals surface area contributed by atoms with Gasteiger partial charge in [0, 0.05) is 35.9 Å². The fourth-order valence-electron chi connectivity index (χ4n) is 3.50. The predicted molar refractivity (Wildman–Crippen MR) is 89.6 cm³/mol. The summed E-state index contributed by atoms with van der Waals surface area (Å²) in [6.07, 6.45) is 2.71. The number of ether oxygens (including phenoxy) is 1. The molecule has 0 spiro atoms. The van der Waals surface area contributed by atoms with Crippen LogP contribution in [0.2, 0.25) is 0 Å². The molecule has 7 heteroatoms. The molecule has 2 heterocycles. The summed E-state index contributed by atoms with van der Waals surface area (Å²) in [5.41, 5.74) is 2.87. The lowest BCUT2D eigenvalue weighted by atomic mass is 9.81. The van der Waals surface area contributed by atoms with Gasteiger partial charge in [0.25, 0.3) is 0 Å². The number of carboxylic acid groups (broad SMARTS) is 2. The van der Waals surface area contributed by atoms with Gasteiger partial charge in [0.15, 0.2) is 0 Å². The molecule has 2 atom stereocenters. The van der Waals surface area contributed by atoms with E-state index in [4.69, 9.17) is 14.9 Å². The summed E-state index contributed by atoms with van der Waals surface area (Å²) in [6.45, 7) is 3.42. The largest absolute Gasteiger partial charge is 0.496 e. The van der Waals surface area contributed by atoms with Crippen LogP contribution in [-0.4, -0.2) is 49.0 Å². The van der Waals surface area contributed by atoms with Crippen LogP contribution in [-0.2, 0) is 15.0 Å². The van der Waals surface area contributed by atoms with Crippen molar-refractivity contribution in [1.82, 2.24) is 5.32 Å². The average Bonchev–Trinajstić information content (AvgIpc) is 3.02. The second-order valence-corrected chi connectivity index (χ2v) is 6.00. The molecule has 0 radical (unpaired) electrons. The predicted octanol–water partition coefficient (Wildman–Crippen LogP) is 1.43. The van der Waals surface area contributed by atoms with Gasteiger partial charge in [0.05, 0.1) is 13.3 Å². The molecule has 24 heavy (non-hydrogen) atoms. The van der Waals surface area contributed by atoms with E-state index in [0.29, 0.717) is 18.3 Å². The minimum absolute atomic E-state index is 0.191. The molecule has 0 aliphatic carbocycles. The summed E-state index contributed by atoms with van der Waals surface area (Å²) in [5, 5.41) is 19.2. The Labute approximate surface area is 140 Å². The number of fused-ring (bicyclic) bond motifs is 3. The standard InChI is InChI=1S/C13H18N2O.C4H4O4/c1-13-7-8-14-12(13)15(2)9-5-4-6-10(16-3)11(9)13;5-3(6)1-2-4(7)8/h4-6,12,14H,7-8H2,1-3H3;1-2H,(H,5,6)(H,7,8)/b;2-1+/t12-,13+;/m0./s1. The number of aliphatic carboxylic acids is 2. The van der Waals surface area contributed by atoms with E-state index in [1.165, 1.54) is 17.7 Å². The zero-order valence-corrected chi connectivity index (χ0v) is 13.9. The summed E-state index contributed by atoms with van der Waals surface area (Å²) in [7, 11) is 3.92. The van der Waals surface area contributed by atoms with Crippen LogP contribution in [0.15, 0.2) is 30.4 Å². The maximum Gasteiger partial charge on any atom is 0.328 e. The Morgan fingerprint density at radius 2 is 1.96 bits per heavy atom. The molecule has 0 saturated carbocycles. The van der Waals surface area contributed by atoms with E-state index in [0.717, 1.165) is 12.3 Å². The molecule has 1 saturated heterocycles. The molecule has 130 valence electrons. The fraction of sp³-hybridized carbons (Fsp3) is 0.412. The number of rotatable bonds is 3. The first-order valence-electron chi connectivity index (χ1n) is 7.59. The lowest BCUT2D eigenvalue weighted by Crippen LogP contribution is -2.44.